The van der Waals surface area contributed by atoms with Gasteiger partial charge in [0.2, 0.25) is 0 Å². The van der Waals surface area contributed by atoms with Crippen LogP contribution in [0.3, 0.4) is 0 Å². The second kappa shape index (κ2) is 8.36. The lowest BCUT2D eigenvalue weighted by molar-refractivity contribution is 0.399. The summed E-state index contributed by atoms with van der Waals surface area (Å²) in [7, 11) is 2.11. The summed E-state index contributed by atoms with van der Waals surface area (Å²) < 4.78 is 25.7. The van der Waals surface area contributed by atoms with Gasteiger partial charge < -0.3 is 5.32 Å². The fourth-order valence-corrected chi connectivity index (χ4v) is 1.32. The van der Waals surface area contributed by atoms with E-state index in [9.17, 15) is 8.76 Å². The maximum atomic E-state index is 12.7. The molecule has 0 bridgehead atoms. The average molecular weight is 227 g/mol. The van der Waals surface area contributed by atoms with Gasteiger partial charge in [-0.3, -0.25) is 4.57 Å². The fourth-order valence-electron chi connectivity index (χ4n) is 0.608. The van der Waals surface area contributed by atoms with Gasteiger partial charge in [-0.05, 0) is 41.3 Å². The van der Waals surface area contributed by atoms with E-state index in [1.165, 1.54) is 28.2 Å². The highest BCUT2D eigenvalue weighted by molar-refractivity contribution is 7.53. The van der Waals surface area contributed by atoms with Crippen LogP contribution in [0.15, 0.2) is 0 Å². The normalized spacial score (nSPS) is 11.5. The van der Waals surface area contributed by atoms with Gasteiger partial charge in [-0.2, -0.15) is 4.20 Å². The first-order valence-electron chi connectivity index (χ1n) is 4.66. The molecule has 0 aliphatic carbocycles. The Kier molecular flexibility index (Phi) is 9.83. The van der Waals surface area contributed by atoms with Gasteiger partial charge in [-0.25, -0.2) is 9.34 Å². The molecule has 1 N–H and O–H groups in total. The molecule has 0 aromatic heterocycles. The molecule has 0 saturated carbocycles. The van der Waals surface area contributed by atoms with E-state index in [1.54, 1.807) is 0 Å². The Morgan fingerprint density at radius 3 is 1.36 bits per heavy atom. The van der Waals surface area contributed by atoms with Crippen molar-refractivity contribution in [1.29, 1.82) is 0 Å². The molecule has 0 aliphatic rings. The first kappa shape index (κ1) is 16.5. The van der Waals surface area contributed by atoms with Crippen molar-refractivity contribution in [2.75, 3.05) is 41.3 Å². The van der Waals surface area contributed by atoms with E-state index in [2.05, 4.69) is 19.2 Å². The third-order valence-electron chi connectivity index (χ3n) is 1.49. The minimum absolute atomic E-state index is 1.08. The van der Waals surface area contributed by atoms with Crippen molar-refractivity contribution in [3.8, 4) is 0 Å². The molecule has 0 heterocycles. The minimum atomic E-state index is -3.67. The van der Waals surface area contributed by atoms with E-state index in [4.69, 9.17) is 0 Å². The van der Waals surface area contributed by atoms with Gasteiger partial charge in [0.1, 0.15) is 0 Å². The fraction of sp³-hybridized carbons (Fsp3) is 1.00. The van der Waals surface area contributed by atoms with Gasteiger partial charge in [0.25, 0.3) is 0 Å². The monoisotopic (exact) mass is 227 g/mol. The van der Waals surface area contributed by atoms with Crippen LogP contribution in [0.5, 0.6) is 0 Å². The summed E-state index contributed by atoms with van der Waals surface area (Å²) in [6, 6.07) is 0. The molecule has 4 nitrogen and oxygen atoms in total. The predicted molar refractivity (Wildman–Crippen MR) is 60.3 cm³/mol. The Labute approximate surface area is 87.1 Å². The molecule has 0 rings (SSSR count). The molecule has 14 heavy (non-hydrogen) atoms. The van der Waals surface area contributed by atoms with E-state index < -0.39 is 7.75 Å². The van der Waals surface area contributed by atoms with Gasteiger partial charge >= 0.3 is 7.75 Å². The maximum Gasteiger partial charge on any atom is 0.381 e. The van der Waals surface area contributed by atoms with E-state index in [-0.39, 0.29) is 0 Å². The molecule has 88 valence electrons. The predicted octanol–water partition coefficient (Wildman–Crippen LogP) is 1.80. The molecule has 0 aromatic carbocycles. The molecule has 0 fully saturated rings. The van der Waals surface area contributed by atoms with Crippen molar-refractivity contribution in [2.24, 2.45) is 0 Å². The quantitative estimate of drug-likeness (QED) is 0.743. The Morgan fingerprint density at radius 1 is 1.07 bits per heavy atom. The number of nitrogens with one attached hydrogen (secondary N) is 1. The SMILES string of the molecule is CCNCC.CN(C)P(=O)(F)N(C)C. The molecular weight excluding hydrogens is 204 g/mol. The average Bonchev–Trinajstić information content (AvgIpc) is 2.06. The lowest BCUT2D eigenvalue weighted by Gasteiger charge is -2.21. The lowest BCUT2D eigenvalue weighted by atomic mass is 10.7. The number of hydrogen-bond acceptors (Lipinski definition) is 2. The number of nitrogens with zero attached hydrogens (tertiary/aromatic N) is 2. The molecule has 0 saturated heterocycles. The second-order valence-corrected chi connectivity index (χ2v) is 5.67. The minimum Gasteiger partial charge on any atom is -0.317 e. The van der Waals surface area contributed by atoms with Crippen LogP contribution in [0, 0.1) is 0 Å². The summed E-state index contributed by atoms with van der Waals surface area (Å²) >= 11 is 0. The highest BCUT2D eigenvalue weighted by Gasteiger charge is 2.26. The van der Waals surface area contributed by atoms with Gasteiger partial charge in [-0.15, -0.1) is 0 Å². The molecule has 0 unspecified atom stereocenters. The summed E-state index contributed by atoms with van der Waals surface area (Å²) in [4.78, 5) is 0. The third kappa shape index (κ3) is 7.44. The molecule has 0 atom stereocenters. The third-order valence-corrected chi connectivity index (χ3v) is 3.46. The summed E-state index contributed by atoms with van der Waals surface area (Å²) in [5.41, 5.74) is 0. The zero-order chi connectivity index (χ0) is 11.8. The molecule has 6 heteroatoms. The Bertz CT molecular complexity index is 162. The van der Waals surface area contributed by atoms with E-state index >= 15 is 0 Å². The first-order chi connectivity index (χ1) is 6.30. The number of halogens is 1. The van der Waals surface area contributed by atoms with Crippen LogP contribution in [0.2, 0.25) is 0 Å². The van der Waals surface area contributed by atoms with Crippen molar-refractivity contribution in [1.82, 2.24) is 14.7 Å². The smallest absolute Gasteiger partial charge is 0.317 e. The van der Waals surface area contributed by atoms with Crippen molar-refractivity contribution in [3.63, 3.8) is 0 Å². The number of hydrogen-bond donors (Lipinski definition) is 1. The van der Waals surface area contributed by atoms with Gasteiger partial charge in [0.15, 0.2) is 0 Å². The van der Waals surface area contributed by atoms with Crippen LogP contribution in [0.1, 0.15) is 13.8 Å². The summed E-state index contributed by atoms with van der Waals surface area (Å²) in [6.45, 7) is 6.39. The summed E-state index contributed by atoms with van der Waals surface area (Å²) in [5, 5.41) is 3.11. The van der Waals surface area contributed by atoms with Gasteiger partial charge in [-0.1, -0.05) is 13.8 Å². The largest absolute Gasteiger partial charge is 0.381 e. The number of rotatable bonds is 4. The van der Waals surface area contributed by atoms with Crippen LogP contribution in [-0.2, 0) is 4.57 Å². The highest BCUT2D eigenvalue weighted by Crippen LogP contribution is 2.50. The highest BCUT2D eigenvalue weighted by atomic mass is 31.2. The van der Waals surface area contributed by atoms with E-state index in [1.807, 2.05) is 0 Å². The molecule has 0 radical (unpaired) electrons. The second-order valence-electron chi connectivity index (χ2n) is 3.12. The summed E-state index contributed by atoms with van der Waals surface area (Å²) in [5.74, 6) is 0. The topological polar surface area (TPSA) is 35.6 Å². The van der Waals surface area contributed by atoms with Crippen molar-refractivity contribution in [3.05, 3.63) is 0 Å². The molecule has 0 aliphatic heterocycles. The molecule has 0 aromatic rings. The Morgan fingerprint density at radius 2 is 1.36 bits per heavy atom. The maximum absolute atomic E-state index is 12.7. The lowest BCUT2D eigenvalue weighted by Crippen LogP contribution is -2.17. The zero-order valence-corrected chi connectivity index (χ0v) is 10.9. The van der Waals surface area contributed by atoms with Gasteiger partial charge in [0, 0.05) is 0 Å². The van der Waals surface area contributed by atoms with Crippen LogP contribution >= 0.6 is 7.75 Å². The standard InChI is InChI=1S/C4H12FN2OP.C4H11N/c1-6(2)9(5,8)7(3)4;1-3-5-4-2/h1-4H3;5H,3-4H2,1-2H3. The first-order valence-corrected chi connectivity index (χ1v) is 6.16. The van der Waals surface area contributed by atoms with E-state index in [0.717, 1.165) is 22.4 Å². The van der Waals surface area contributed by atoms with Crippen molar-refractivity contribution >= 4 is 7.75 Å². The Balaban J connectivity index is 0. The zero-order valence-electron chi connectivity index (χ0n) is 10.0. The van der Waals surface area contributed by atoms with Crippen LogP contribution in [0.4, 0.5) is 4.20 Å². The molecule has 0 spiro atoms. The van der Waals surface area contributed by atoms with Gasteiger partial charge in [0.05, 0.1) is 0 Å². The van der Waals surface area contributed by atoms with E-state index in [0.29, 0.717) is 0 Å². The van der Waals surface area contributed by atoms with Crippen LogP contribution in [0.25, 0.3) is 0 Å². The molecular formula is C8H23FN3OP. The Hall–Kier alpha value is 0.0400. The molecule has 0 amide bonds. The summed E-state index contributed by atoms with van der Waals surface area (Å²) in [6.07, 6.45) is 0. The van der Waals surface area contributed by atoms with Crippen molar-refractivity contribution in [2.45, 2.75) is 13.8 Å². The van der Waals surface area contributed by atoms with Crippen molar-refractivity contribution < 1.29 is 8.76 Å². The van der Waals surface area contributed by atoms with Crippen LogP contribution < -0.4 is 5.32 Å². The van der Waals surface area contributed by atoms with Crippen LogP contribution in [-0.4, -0.2) is 50.6 Å².